The first kappa shape index (κ1) is 23.0. The van der Waals surface area contributed by atoms with E-state index in [2.05, 4.69) is 16.7 Å². The van der Waals surface area contributed by atoms with Crippen molar-refractivity contribution in [3.63, 3.8) is 0 Å². The van der Waals surface area contributed by atoms with Crippen LogP contribution in [0, 0.1) is 11.8 Å². The lowest BCUT2D eigenvalue weighted by molar-refractivity contribution is -0.126. The van der Waals surface area contributed by atoms with Crippen molar-refractivity contribution in [1.29, 1.82) is 0 Å². The number of carboxylic acid groups (broad SMARTS) is 1. The quantitative estimate of drug-likeness (QED) is 0.560. The topological polar surface area (TPSA) is 115 Å². The average Bonchev–Trinajstić information content (AvgIpc) is 3.52. The van der Waals surface area contributed by atoms with Gasteiger partial charge < -0.3 is 34.7 Å². The maximum absolute atomic E-state index is 12.6. The standard InChI is InChI=1S/C23H32N2O7/c26-20(17-4-1-16(2-5-17)14-25-23(27)28)24-8-7-15-3-6-18(21-29-9-10-30-21)19(13-15)22-31-11-12-32-22/h3,6,13,16-17,21-22,25H,1-2,4-5,7-12,14H2,(H,24,26)(H,27,28). The monoisotopic (exact) mass is 448 g/mol. The Morgan fingerprint density at radius 1 is 0.875 bits per heavy atom. The minimum Gasteiger partial charge on any atom is -0.465 e. The molecule has 2 aliphatic heterocycles. The van der Waals surface area contributed by atoms with Crippen molar-refractivity contribution in [2.24, 2.45) is 11.8 Å². The van der Waals surface area contributed by atoms with Crippen LogP contribution in [0.15, 0.2) is 18.2 Å². The zero-order chi connectivity index (χ0) is 22.3. The van der Waals surface area contributed by atoms with Gasteiger partial charge in [-0.25, -0.2) is 4.79 Å². The molecule has 176 valence electrons. The van der Waals surface area contributed by atoms with Gasteiger partial charge >= 0.3 is 6.09 Å². The van der Waals surface area contributed by atoms with Gasteiger partial charge in [0, 0.05) is 30.1 Å². The Hall–Kier alpha value is -2.20. The number of benzene rings is 1. The molecule has 3 N–H and O–H groups in total. The van der Waals surface area contributed by atoms with E-state index in [1.165, 1.54) is 0 Å². The Labute approximate surface area is 187 Å². The highest BCUT2D eigenvalue weighted by Crippen LogP contribution is 2.34. The van der Waals surface area contributed by atoms with E-state index in [1.807, 2.05) is 12.1 Å². The summed E-state index contributed by atoms with van der Waals surface area (Å²) in [7, 11) is 0. The molecule has 1 aliphatic carbocycles. The lowest BCUT2D eigenvalue weighted by Gasteiger charge is -2.27. The van der Waals surface area contributed by atoms with E-state index >= 15 is 0 Å². The van der Waals surface area contributed by atoms with Crippen LogP contribution < -0.4 is 10.6 Å². The minimum atomic E-state index is -0.990. The van der Waals surface area contributed by atoms with Gasteiger partial charge in [0.15, 0.2) is 12.6 Å². The number of hydrogen-bond acceptors (Lipinski definition) is 6. The van der Waals surface area contributed by atoms with Crippen molar-refractivity contribution in [2.45, 2.75) is 44.7 Å². The lowest BCUT2D eigenvalue weighted by atomic mass is 9.81. The molecule has 0 unspecified atom stereocenters. The van der Waals surface area contributed by atoms with Crippen molar-refractivity contribution in [3.8, 4) is 0 Å². The summed E-state index contributed by atoms with van der Waals surface area (Å²) in [4.78, 5) is 23.2. The molecular formula is C23H32N2O7. The predicted molar refractivity (Wildman–Crippen MR) is 114 cm³/mol. The van der Waals surface area contributed by atoms with Gasteiger partial charge in [-0.2, -0.15) is 0 Å². The van der Waals surface area contributed by atoms with Gasteiger partial charge in [-0.15, -0.1) is 0 Å². The number of carbonyl (C=O) groups excluding carboxylic acids is 1. The van der Waals surface area contributed by atoms with E-state index in [-0.39, 0.29) is 11.8 Å². The highest BCUT2D eigenvalue weighted by atomic mass is 16.7. The van der Waals surface area contributed by atoms with E-state index in [1.54, 1.807) is 0 Å². The molecule has 2 saturated heterocycles. The van der Waals surface area contributed by atoms with Gasteiger partial charge in [-0.3, -0.25) is 4.79 Å². The van der Waals surface area contributed by atoms with Gasteiger partial charge in [0.05, 0.1) is 26.4 Å². The third-order valence-electron chi connectivity index (χ3n) is 6.38. The van der Waals surface area contributed by atoms with Crippen molar-refractivity contribution in [1.82, 2.24) is 10.6 Å². The Morgan fingerprint density at radius 3 is 2.12 bits per heavy atom. The first-order chi connectivity index (χ1) is 15.6. The van der Waals surface area contributed by atoms with Crippen LogP contribution in [-0.4, -0.2) is 56.6 Å². The van der Waals surface area contributed by atoms with Crippen LogP contribution in [0.1, 0.15) is 55.0 Å². The normalized spacial score (nSPS) is 24.5. The largest absolute Gasteiger partial charge is 0.465 e. The van der Waals surface area contributed by atoms with E-state index in [0.717, 1.165) is 42.4 Å². The van der Waals surface area contributed by atoms with E-state index < -0.39 is 18.7 Å². The molecule has 9 heteroatoms. The number of hydrogen-bond donors (Lipinski definition) is 3. The summed E-state index contributed by atoms with van der Waals surface area (Å²) in [5, 5.41) is 14.2. The van der Waals surface area contributed by atoms with Crippen molar-refractivity contribution >= 4 is 12.0 Å². The fraction of sp³-hybridized carbons (Fsp3) is 0.652. The third-order valence-corrected chi connectivity index (χ3v) is 6.38. The highest BCUT2D eigenvalue weighted by Gasteiger charge is 2.29. The molecule has 0 radical (unpaired) electrons. The Bertz CT molecular complexity index is 783. The molecule has 2 heterocycles. The SMILES string of the molecule is O=C(O)NCC1CCC(C(=O)NCCc2ccc(C3OCCO3)c(C3OCCO3)c2)CC1. The lowest BCUT2D eigenvalue weighted by Crippen LogP contribution is -2.36. The molecule has 4 rings (SSSR count). The smallest absolute Gasteiger partial charge is 0.404 e. The molecule has 3 aliphatic rings. The molecule has 0 spiro atoms. The van der Waals surface area contributed by atoms with Crippen molar-refractivity contribution in [2.75, 3.05) is 39.5 Å². The fourth-order valence-electron chi connectivity index (χ4n) is 4.61. The van der Waals surface area contributed by atoms with Gasteiger partial charge in [0.2, 0.25) is 5.91 Å². The molecule has 32 heavy (non-hydrogen) atoms. The molecule has 0 bridgehead atoms. The summed E-state index contributed by atoms with van der Waals surface area (Å²) >= 11 is 0. The van der Waals surface area contributed by atoms with Crippen LogP contribution in [0.2, 0.25) is 0 Å². The molecule has 1 aromatic rings. The molecule has 0 aromatic heterocycles. The van der Waals surface area contributed by atoms with E-state index in [0.29, 0.717) is 51.9 Å². The van der Waals surface area contributed by atoms with Crippen LogP contribution in [0.4, 0.5) is 4.79 Å². The van der Waals surface area contributed by atoms with Crippen LogP contribution in [-0.2, 0) is 30.2 Å². The highest BCUT2D eigenvalue weighted by molar-refractivity contribution is 5.78. The zero-order valence-electron chi connectivity index (χ0n) is 18.2. The van der Waals surface area contributed by atoms with Gasteiger partial charge in [-0.05, 0) is 43.6 Å². The maximum Gasteiger partial charge on any atom is 0.404 e. The van der Waals surface area contributed by atoms with E-state index in [4.69, 9.17) is 24.1 Å². The second kappa shape index (κ2) is 11.1. The number of carbonyl (C=O) groups is 2. The van der Waals surface area contributed by atoms with E-state index in [9.17, 15) is 9.59 Å². The third kappa shape index (κ3) is 5.98. The average molecular weight is 449 g/mol. The minimum absolute atomic E-state index is 0.00553. The molecule has 1 saturated carbocycles. The van der Waals surface area contributed by atoms with Gasteiger partial charge in [0.25, 0.3) is 0 Å². The maximum atomic E-state index is 12.6. The van der Waals surface area contributed by atoms with Crippen LogP contribution in [0.5, 0.6) is 0 Å². The predicted octanol–water partition coefficient (Wildman–Crippen LogP) is 2.51. The van der Waals surface area contributed by atoms with Crippen LogP contribution in [0.25, 0.3) is 0 Å². The molecule has 9 nitrogen and oxygen atoms in total. The molecular weight excluding hydrogens is 416 g/mol. The summed E-state index contributed by atoms with van der Waals surface area (Å²) in [6.45, 7) is 3.29. The van der Waals surface area contributed by atoms with Gasteiger partial charge in [0.1, 0.15) is 0 Å². The summed E-state index contributed by atoms with van der Waals surface area (Å²) < 4.78 is 22.8. The second-order valence-electron chi connectivity index (χ2n) is 8.56. The number of rotatable bonds is 8. The van der Waals surface area contributed by atoms with Crippen molar-refractivity contribution in [3.05, 3.63) is 34.9 Å². The van der Waals surface area contributed by atoms with Crippen LogP contribution >= 0.6 is 0 Å². The Balaban J connectivity index is 1.27. The molecule has 2 amide bonds. The molecule has 0 atom stereocenters. The number of nitrogens with one attached hydrogen (secondary N) is 2. The zero-order valence-corrected chi connectivity index (χ0v) is 18.2. The first-order valence-electron chi connectivity index (χ1n) is 11.4. The Morgan fingerprint density at radius 2 is 1.50 bits per heavy atom. The summed E-state index contributed by atoms with van der Waals surface area (Å²) in [5.74, 6) is 0.410. The molecule has 3 fully saturated rings. The molecule has 1 aromatic carbocycles. The van der Waals surface area contributed by atoms with Gasteiger partial charge in [-0.1, -0.05) is 18.2 Å². The Kier molecular flexibility index (Phi) is 7.96. The fourth-order valence-corrected chi connectivity index (χ4v) is 4.61. The van der Waals surface area contributed by atoms with Crippen molar-refractivity contribution < 1.29 is 33.6 Å². The summed E-state index contributed by atoms with van der Waals surface area (Å²) in [6.07, 6.45) is 2.24. The first-order valence-corrected chi connectivity index (χ1v) is 11.4. The summed E-state index contributed by atoms with van der Waals surface area (Å²) in [5.41, 5.74) is 2.94. The number of ether oxygens (including phenoxy) is 4. The summed E-state index contributed by atoms with van der Waals surface area (Å²) in [6, 6.07) is 6.09. The second-order valence-corrected chi connectivity index (χ2v) is 8.56. The number of amides is 2. The van der Waals surface area contributed by atoms with Crippen LogP contribution in [0.3, 0.4) is 0 Å².